The fourth-order valence-electron chi connectivity index (χ4n) is 5.04. The number of carbonyl (C=O) groups excluding carboxylic acids is 1. The molecule has 0 aromatic heterocycles. The zero-order valence-electron chi connectivity index (χ0n) is 17.7. The maximum absolute atomic E-state index is 13.0. The molecular weight excluding hydrogens is 379 g/mol. The highest BCUT2D eigenvalue weighted by atomic mass is 19.1. The number of methoxy groups -OCH3 is 1. The number of benzene rings is 2. The van der Waals surface area contributed by atoms with E-state index in [4.69, 9.17) is 4.74 Å². The van der Waals surface area contributed by atoms with Crippen molar-refractivity contribution < 1.29 is 13.9 Å². The van der Waals surface area contributed by atoms with Crippen molar-refractivity contribution >= 4 is 5.91 Å². The number of hydrogen-bond donors (Lipinski definition) is 1. The summed E-state index contributed by atoms with van der Waals surface area (Å²) in [5, 5.41) is 2.95. The molecule has 1 aliphatic carbocycles. The molecule has 2 aliphatic rings. The van der Waals surface area contributed by atoms with Gasteiger partial charge in [-0.05, 0) is 105 Å². The van der Waals surface area contributed by atoms with Crippen molar-refractivity contribution in [3.8, 4) is 5.75 Å². The first-order chi connectivity index (χ1) is 14.6. The van der Waals surface area contributed by atoms with Gasteiger partial charge in [-0.15, -0.1) is 0 Å². The van der Waals surface area contributed by atoms with Crippen LogP contribution in [0, 0.1) is 11.7 Å². The summed E-state index contributed by atoms with van der Waals surface area (Å²) >= 11 is 0. The molecule has 0 bridgehead atoms. The molecule has 1 amide bonds. The van der Waals surface area contributed by atoms with Crippen LogP contribution in [0.2, 0.25) is 0 Å². The average Bonchev–Trinajstić information content (AvgIpc) is 2.79. The van der Waals surface area contributed by atoms with Crippen LogP contribution in [0.1, 0.15) is 53.1 Å². The molecule has 0 spiro atoms. The first-order valence-corrected chi connectivity index (χ1v) is 11.1. The third-order valence-electron chi connectivity index (χ3n) is 6.74. The lowest BCUT2D eigenvalue weighted by molar-refractivity contribution is 0.0942. The number of nitrogens with one attached hydrogen (secondary N) is 1. The van der Waals surface area contributed by atoms with Gasteiger partial charge in [0.05, 0.1) is 7.11 Å². The first kappa shape index (κ1) is 20.9. The van der Waals surface area contributed by atoms with Gasteiger partial charge in [0.1, 0.15) is 11.6 Å². The zero-order valence-corrected chi connectivity index (χ0v) is 17.7. The van der Waals surface area contributed by atoms with E-state index in [1.54, 1.807) is 7.11 Å². The van der Waals surface area contributed by atoms with Crippen molar-refractivity contribution in [3.63, 3.8) is 0 Å². The van der Waals surface area contributed by atoms with Crippen LogP contribution < -0.4 is 10.1 Å². The summed E-state index contributed by atoms with van der Waals surface area (Å²) in [6.45, 7) is 3.62. The minimum Gasteiger partial charge on any atom is -0.497 e. The normalized spacial score (nSPS) is 19.9. The number of halogens is 1. The number of ether oxygens (including phenoxy) is 1. The Balaban J connectivity index is 1.26. The van der Waals surface area contributed by atoms with Gasteiger partial charge in [-0.2, -0.15) is 0 Å². The molecule has 1 N–H and O–H groups in total. The number of likely N-dealkylation sites (tertiary alicyclic amines) is 1. The Morgan fingerprint density at radius 2 is 1.90 bits per heavy atom. The van der Waals surface area contributed by atoms with Crippen molar-refractivity contribution in [2.24, 2.45) is 5.92 Å². The highest BCUT2D eigenvalue weighted by Gasteiger charge is 2.31. The monoisotopic (exact) mass is 410 g/mol. The largest absolute Gasteiger partial charge is 0.497 e. The van der Waals surface area contributed by atoms with Gasteiger partial charge in [0.2, 0.25) is 0 Å². The quantitative estimate of drug-likeness (QED) is 0.768. The fraction of sp³-hybridized carbons (Fsp3) is 0.480. The number of carbonyl (C=O) groups is 1. The van der Waals surface area contributed by atoms with Crippen LogP contribution in [0.15, 0.2) is 42.5 Å². The van der Waals surface area contributed by atoms with Crippen LogP contribution in [-0.2, 0) is 6.42 Å². The minimum absolute atomic E-state index is 0.141. The summed E-state index contributed by atoms with van der Waals surface area (Å²) in [4.78, 5) is 14.6. The van der Waals surface area contributed by atoms with E-state index in [0.29, 0.717) is 18.0 Å². The Morgan fingerprint density at radius 1 is 1.13 bits per heavy atom. The molecule has 1 atom stereocenters. The molecule has 1 fully saturated rings. The van der Waals surface area contributed by atoms with Gasteiger partial charge in [-0.3, -0.25) is 4.79 Å². The molecule has 1 heterocycles. The van der Waals surface area contributed by atoms with Gasteiger partial charge in [-0.25, -0.2) is 4.39 Å². The maximum Gasteiger partial charge on any atom is 0.251 e. The van der Waals surface area contributed by atoms with Crippen LogP contribution in [0.4, 0.5) is 4.39 Å². The molecule has 1 saturated heterocycles. The zero-order chi connectivity index (χ0) is 20.9. The van der Waals surface area contributed by atoms with Crippen molar-refractivity contribution in [1.29, 1.82) is 0 Å². The Bertz CT molecular complexity index is 860. The molecule has 0 saturated carbocycles. The molecule has 5 heteroatoms. The lowest BCUT2D eigenvalue weighted by atomic mass is 9.72. The maximum atomic E-state index is 13.0. The highest BCUT2D eigenvalue weighted by Crippen LogP contribution is 2.42. The number of piperidine rings is 1. The molecule has 2 aromatic rings. The third kappa shape index (κ3) is 4.84. The second-order valence-electron chi connectivity index (χ2n) is 8.51. The summed E-state index contributed by atoms with van der Waals surface area (Å²) in [7, 11) is 1.74. The predicted molar refractivity (Wildman–Crippen MR) is 117 cm³/mol. The fourth-order valence-corrected chi connectivity index (χ4v) is 5.04. The molecule has 2 aromatic carbocycles. The van der Waals surface area contributed by atoms with Gasteiger partial charge in [0, 0.05) is 18.7 Å². The van der Waals surface area contributed by atoms with Crippen LogP contribution in [-0.4, -0.2) is 44.1 Å². The number of nitrogens with zero attached hydrogens (tertiary/aromatic N) is 1. The van der Waals surface area contributed by atoms with Crippen molar-refractivity contribution in [2.75, 3.05) is 33.3 Å². The van der Waals surface area contributed by atoms with E-state index in [2.05, 4.69) is 28.4 Å². The second-order valence-corrected chi connectivity index (χ2v) is 8.51. The molecule has 160 valence electrons. The van der Waals surface area contributed by atoms with Crippen LogP contribution in [0.5, 0.6) is 5.75 Å². The smallest absolute Gasteiger partial charge is 0.251 e. The number of aryl methyl sites for hydroxylation is 1. The molecule has 0 radical (unpaired) electrons. The first-order valence-electron chi connectivity index (χ1n) is 11.1. The Kier molecular flexibility index (Phi) is 6.68. The van der Waals surface area contributed by atoms with E-state index in [9.17, 15) is 9.18 Å². The van der Waals surface area contributed by atoms with Gasteiger partial charge in [0.15, 0.2) is 0 Å². The van der Waals surface area contributed by atoms with Crippen molar-refractivity contribution in [1.82, 2.24) is 10.2 Å². The summed E-state index contributed by atoms with van der Waals surface area (Å²) in [6, 6.07) is 12.3. The SMILES string of the molecule is COc1ccc2c(c1)C(C1CCN(CCNC(=O)c3ccc(F)cc3)CC1)CCC2. The van der Waals surface area contributed by atoms with Gasteiger partial charge >= 0.3 is 0 Å². The van der Waals surface area contributed by atoms with E-state index in [1.807, 2.05) is 0 Å². The van der Waals surface area contributed by atoms with Gasteiger partial charge in [-0.1, -0.05) is 6.07 Å². The minimum atomic E-state index is -0.326. The van der Waals surface area contributed by atoms with E-state index >= 15 is 0 Å². The lowest BCUT2D eigenvalue weighted by Crippen LogP contribution is -2.40. The van der Waals surface area contributed by atoms with E-state index in [0.717, 1.165) is 31.3 Å². The summed E-state index contributed by atoms with van der Waals surface area (Å²) < 4.78 is 18.5. The van der Waals surface area contributed by atoms with Crippen LogP contribution >= 0.6 is 0 Å². The molecule has 1 unspecified atom stereocenters. The summed E-state index contributed by atoms with van der Waals surface area (Å²) in [6.07, 6.45) is 6.14. The standard InChI is InChI=1S/C25H31FN2O2/c1-30-22-10-7-18-3-2-4-23(24(18)17-22)19-11-14-28(15-12-19)16-13-27-25(29)20-5-8-21(26)9-6-20/h5-10,17,19,23H,2-4,11-16H2,1H3,(H,27,29). The van der Waals surface area contributed by atoms with E-state index < -0.39 is 0 Å². The number of fused-ring (bicyclic) bond motifs is 1. The summed E-state index contributed by atoms with van der Waals surface area (Å²) in [5.74, 6) is 1.87. The molecule has 4 rings (SSSR count). The number of hydrogen-bond acceptors (Lipinski definition) is 3. The molecule has 1 aliphatic heterocycles. The summed E-state index contributed by atoms with van der Waals surface area (Å²) in [5.41, 5.74) is 3.50. The van der Waals surface area contributed by atoms with Crippen LogP contribution in [0.25, 0.3) is 0 Å². The van der Waals surface area contributed by atoms with Crippen LogP contribution in [0.3, 0.4) is 0 Å². The van der Waals surface area contributed by atoms with Gasteiger partial charge < -0.3 is 15.0 Å². The Hall–Kier alpha value is -2.40. The molecule has 30 heavy (non-hydrogen) atoms. The number of rotatable bonds is 6. The average molecular weight is 411 g/mol. The van der Waals surface area contributed by atoms with E-state index in [-0.39, 0.29) is 11.7 Å². The molecule has 4 nitrogen and oxygen atoms in total. The number of amides is 1. The van der Waals surface area contributed by atoms with Gasteiger partial charge in [0.25, 0.3) is 5.91 Å². The predicted octanol–water partition coefficient (Wildman–Crippen LogP) is 4.40. The van der Waals surface area contributed by atoms with Crippen molar-refractivity contribution in [2.45, 2.75) is 38.0 Å². The third-order valence-corrected chi connectivity index (χ3v) is 6.74. The van der Waals surface area contributed by atoms with E-state index in [1.165, 1.54) is 67.5 Å². The molecular formula is C25H31FN2O2. The lowest BCUT2D eigenvalue weighted by Gasteiger charge is -2.38. The highest BCUT2D eigenvalue weighted by molar-refractivity contribution is 5.94. The second kappa shape index (κ2) is 9.61. The van der Waals surface area contributed by atoms with Crippen molar-refractivity contribution in [3.05, 3.63) is 65.0 Å². The Morgan fingerprint density at radius 3 is 2.63 bits per heavy atom. The Labute approximate surface area is 178 Å². The topological polar surface area (TPSA) is 41.6 Å².